The highest BCUT2D eigenvalue weighted by molar-refractivity contribution is 6.30. The summed E-state index contributed by atoms with van der Waals surface area (Å²) in [4.78, 5) is 23.6. The van der Waals surface area contributed by atoms with Crippen molar-refractivity contribution in [1.29, 1.82) is 5.26 Å². The lowest BCUT2D eigenvalue weighted by molar-refractivity contribution is -0.125. The molecular formula is C15H15ClN2O4. The number of esters is 1. The summed E-state index contributed by atoms with van der Waals surface area (Å²) in [6.07, 6.45) is 1.78. The standard InChI is InChI=1S/C15H15ClN2O4/c1-15(8-17,9-2-3-9)18-13(20)7-22-14(21)11-5-4-10(16)6-12(11)19/h4-6,9,19H,2-3,7H2,1H3,(H,18,20). The highest BCUT2D eigenvalue weighted by Gasteiger charge is 2.43. The quantitative estimate of drug-likeness (QED) is 0.808. The molecule has 0 heterocycles. The van der Waals surface area contributed by atoms with Gasteiger partial charge in [0.25, 0.3) is 5.91 Å². The molecule has 1 amide bonds. The molecule has 0 saturated heterocycles. The molecule has 1 aliphatic rings. The molecule has 6 nitrogen and oxygen atoms in total. The lowest BCUT2D eigenvalue weighted by Gasteiger charge is -2.22. The van der Waals surface area contributed by atoms with Gasteiger partial charge in [-0.2, -0.15) is 5.26 Å². The minimum absolute atomic E-state index is 0.0811. The van der Waals surface area contributed by atoms with Crippen LogP contribution in [0.2, 0.25) is 5.02 Å². The maximum absolute atomic E-state index is 11.8. The topological polar surface area (TPSA) is 99.4 Å². The second-order valence-electron chi connectivity index (χ2n) is 5.37. The van der Waals surface area contributed by atoms with Crippen LogP contribution in [0.3, 0.4) is 0 Å². The van der Waals surface area contributed by atoms with E-state index in [1.54, 1.807) is 6.92 Å². The number of carbonyl (C=O) groups excluding carboxylic acids is 2. The van der Waals surface area contributed by atoms with Crippen LogP contribution in [0, 0.1) is 17.2 Å². The first-order valence-corrected chi connectivity index (χ1v) is 7.11. The molecule has 0 bridgehead atoms. The molecule has 1 saturated carbocycles. The molecule has 0 radical (unpaired) electrons. The fourth-order valence-corrected chi connectivity index (χ4v) is 2.26. The molecule has 22 heavy (non-hydrogen) atoms. The largest absolute Gasteiger partial charge is 0.507 e. The van der Waals surface area contributed by atoms with Gasteiger partial charge in [-0.05, 0) is 43.9 Å². The Labute approximate surface area is 132 Å². The minimum Gasteiger partial charge on any atom is -0.507 e. The van der Waals surface area contributed by atoms with Gasteiger partial charge in [0.15, 0.2) is 6.61 Å². The second kappa shape index (κ2) is 6.24. The maximum atomic E-state index is 11.8. The Morgan fingerprint density at radius 2 is 2.23 bits per heavy atom. The van der Waals surface area contributed by atoms with Crippen molar-refractivity contribution in [2.75, 3.05) is 6.61 Å². The van der Waals surface area contributed by atoms with E-state index < -0.39 is 24.0 Å². The smallest absolute Gasteiger partial charge is 0.342 e. The van der Waals surface area contributed by atoms with Gasteiger partial charge < -0.3 is 15.2 Å². The number of amides is 1. The molecule has 0 aromatic heterocycles. The monoisotopic (exact) mass is 322 g/mol. The number of nitriles is 1. The molecule has 116 valence electrons. The van der Waals surface area contributed by atoms with Gasteiger partial charge in [0.1, 0.15) is 16.9 Å². The van der Waals surface area contributed by atoms with E-state index in [9.17, 15) is 14.7 Å². The van der Waals surface area contributed by atoms with Crippen molar-refractivity contribution in [2.24, 2.45) is 5.92 Å². The van der Waals surface area contributed by atoms with Gasteiger partial charge in [0, 0.05) is 5.02 Å². The summed E-state index contributed by atoms with van der Waals surface area (Å²) in [5.41, 5.74) is -1.02. The number of rotatable bonds is 5. The SMILES string of the molecule is CC(C#N)(NC(=O)COC(=O)c1ccc(Cl)cc1O)C1CC1. The van der Waals surface area contributed by atoms with E-state index in [1.165, 1.54) is 18.2 Å². The van der Waals surface area contributed by atoms with Gasteiger partial charge >= 0.3 is 5.97 Å². The average molecular weight is 323 g/mol. The Hall–Kier alpha value is -2.26. The minimum atomic E-state index is -0.939. The third kappa shape index (κ3) is 3.68. The van der Waals surface area contributed by atoms with Gasteiger partial charge in [-0.3, -0.25) is 4.79 Å². The van der Waals surface area contributed by atoms with Crippen molar-refractivity contribution < 1.29 is 19.4 Å². The van der Waals surface area contributed by atoms with Gasteiger partial charge in [0.2, 0.25) is 0 Å². The Bertz CT molecular complexity index is 651. The van der Waals surface area contributed by atoms with Crippen LogP contribution in [0.5, 0.6) is 5.75 Å². The first-order chi connectivity index (χ1) is 10.4. The lowest BCUT2D eigenvalue weighted by atomic mass is 9.98. The number of hydrogen-bond acceptors (Lipinski definition) is 5. The Morgan fingerprint density at radius 3 is 2.77 bits per heavy atom. The van der Waals surface area contributed by atoms with E-state index in [2.05, 4.69) is 11.4 Å². The number of hydrogen-bond donors (Lipinski definition) is 2. The summed E-state index contributed by atoms with van der Waals surface area (Å²) in [5.74, 6) is -1.58. The molecule has 1 unspecified atom stereocenters. The fourth-order valence-electron chi connectivity index (χ4n) is 2.09. The number of ether oxygens (including phenoxy) is 1. The molecule has 0 spiro atoms. The molecule has 1 aromatic rings. The molecule has 1 aromatic carbocycles. The van der Waals surface area contributed by atoms with Gasteiger partial charge in [0.05, 0.1) is 6.07 Å². The van der Waals surface area contributed by atoms with E-state index >= 15 is 0 Å². The van der Waals surface area contributed by atoms with Crippen LogP contribution >= 0.6 is 11.6 Å². The maximum Gasteiger partial charge on any atom is 0.342 e. The van der Waals surface area contributed by atoms with Crippen molar-refractivity contribution in [2.45, 2.75) is 25.3 Å². The molecule has 1 atom stereocenters. The van der Waals surface area contributed by atoms with E-state index in [0.717, 1.165) is 12.8 Å². The number of nitrogens with zero attached hydrogens (tertiary/aromatic N) is 1. The summed E-state index contributed by atoms with van der Waals surface area (Å²) in [6, 6.07) is 6.02. The molecule has 0 aliphatic heterocycles. The zero-order valence-corrected chi connectivity index (χ0v) is 12.7. The predicted octanol–water partition coefficient (Wildman–Crippen LogP) is 2.01. The van der Waals surface area contributed by atoms with E-state index in [1.807, 2.05) is 0 Å². The molecular weight excluding hydrogens is 308 g/mol. The number of aromatic hydroxyl groups is 1. The molecule has 2 rings (SSSR count). The lowest BCUT2D eigenvalue weighted by Crippen LogP contribution is -2.48. The second-order valence-corrected chi connectivity index (χ2v) is 5.81. The van der Waals surface area contributed by atoms with E-state index in [4.69, 9.17) is 21.6 Å². The normalized spacial score (nSPS) is 16.2. The number of phenols is 1. The van der Waals surface area contributed by atoms with Gasteiger partial charge in [-0.15, -0.1) is 0 Å². The third-order valence-electron chi connectivity index (χ3n) is 3.54. The number of phenolic OH excluding ortho intramolecular Hbond substituents is 1. The first-order valence-electron chi connectivity index (χ1n) is 6.73. The van der Waals surface area contributed by atoms with Crippen molar-refractivity contribution >= 4 is 23.5 Å². The van der Waals surface area contributed by atoms with Crippen LogP contribution in [0.25, 0.3) is 0 Å². The molecule has 7 heteroatoms. The van der Waals surface area contributed by atoms with E-state index in [-0.39, 0.29) is 22.3 Å². The summed E-state index contributed by atoms with van der Waals surface area (Å²) in [5, 5.41) is 21.6. The van der Waals surface area contributed by atoms with Crippen molar-refractivity contribution in [3.63, 3.8) is 0 Å². The van der Waals surface area contributed by atoms with Crippen LogP contribution < -0.4 is 5.32 Å². The molecule has 1 fully saturated rings. The van der Waals surface area contributed by atoms with Gasteiger partial charge in [-0.25, -0.2) is 4.79 Å². The summed E-state index contributed by atoms with van der Waals surface area (Å²) in [7, 11) is 0. The first kappa shape index (κ1) is 16.1. The van der Waals surface area contributed by atoms with Crippen LogP contribution in [-0.2, 0) is 9.53 Å². The van der Waals surface area contributed by atoms with Crippen LogP contribution in [-0.4, -0.2) is 29.1 Å². The summed E-state index contributed by atoms with van der Waals surface area (Å²) >= 11 is 5.67. The highest BCUT2D eigenvalue weighted by Crippen LogP contribution is 2.39. The van der Waals surface area contributed by atoms with E-state index in [0.29, 0.717) is 0 Å². The van der Waals surface area contributed by atoms with Crippen molar-refractivity contribution in [3.8, 4) is 11.8 Å². The number of benzene rings is 1. The molecule has 1 aliphatic carbocycles. The van der Waals surface area contributed by atoms with Crippen LogP contribution in [0.15, 0.2) is 18.2 Å². The third-order valence-corrected chi connectivity index (χ3v) is 3.77. The number of carbonyl (C=O) groups is 2. The Balaban J connectivity index is 1.91. The van der Waals surface area contributed by atoms with Crippen molar-refractivity contribution in [1.82, 2.24) is 5.32 Å². The molecule has 2 N–H and O–H groups in total. The Morgan fingerprint density at radius 1 is 1.55 bits per heavy atom. The fraction of sp³-hybridized carbons (Fsp3) is 0.400. The predicted molar refractivity (Wildman–Crippen MR) is 78.3 cm³/mol. The zero-order chi connectivity index (χ0) is 16.3. The van der Waals surface area contributed by atoms with Gasteiger partial charge in [-0.1, -0.05) is 11.6 Å². The van der Waals surface area contributed by atoms with Crippen LogP contribution in [0.4, 0.5) is 0 Å². The van der Waals surface area contributed by atoms with Crippen molar-refractivity contribution in [3.05, 3.63) is 28.8 Å². The zero-order valence-electron chi connectivity index (χ0n) is 11.9. The average Bonchev–Trinajstić information content (AvgIpc) is 3.29. The summed E-state index contributed by atoms with van der Waals surface area (Å²) in [6.45, 7) is 1.13. The number of halogens is 1. The number of nitrogens with one attached hydrogen (secondary N) is 1. The Kier molecular flexibility index (Phi) is 4.57. The highest BCUT2D eigenvalue weighted by atomic mass is 35.5. The van der Waals surface area contributed by atoms with Crippen LogP contribution in [0.1, 0.15) is 30.1 Å². The summed E-state index contributed by atoms with van der Waals surface area (Å²) < 4.78 is 4.84.